The van der Waals surface area contributed by atoms with Gasteiger partial charge in [-0.3, -0.25) is 0 Å². The molecule has 5 heteroatoms. The molecule has 3 aliphatic rings. The fraction of sp³-hybridized carbons (Fsp3) is 0.529. The summed E-state index contributed by atoms with van der Waals surface area (Å²) in [7, 11) is 0. The van der Waals surface area contributed by atoms with Gasteiger partial charge >= 0.3 is 0 Å². The second-order valence-electron chi connectivity index (χ2n) is 7.04. The van der Waals surface area contributed by atoms with Gasteiger partial charge in [-0.15, -0.1) is 12.4 Å². The van der Waals surface area contributed by atoms with E-state index in [0.29, 0.717) is 5.92 Å². The summed E-state index contributed by atoms with van der Waals surface area (Å²) in [6.07, 6.45) is 6.65. The topological polar surface area (TPSA) is 64.9 Å². The van der Waals surface area contributed by atoms with Gasteiger partial charge in [0.15, 0.2) is 5.82 Å². The Morgan fingerprint density at radius 1 is 1.18 bits per heavy atom. The number of benzene rings is 1. The number of hydrogen-bond donors (Lipinski definition) is 1. The molecule has 4 nitrogen and oxygen atoms in total. The van der Waals surface area contributed by atoms with Gasteiger partial charge in [0.25, 0.3) is 0 Å². The van der Waals surface area contributed by atoms with E-state index in [4.69, 9.17) is 10.3 Å². The molecule has 2 unspecified atom stereocenters. The van der Waals surface area contributed by atoms with E-state index in [9.17, 15) is 0 Å². The summed E-state index contributed by atoms with van der Waals surface area (Å²) in [5, 5.41) is 4.17. The van der Waals surface area contributed by atoms with Crippen LogP contribution in [-0.4, -0.2) is 10.1 Å². The van der Waals surface area contributed by atoms with Crippen LogP contribution in [0.5, 0.6) is 0 Å². The van der Waals surface area contributed by atoms with Crippen molar-refractivity contribution >= 4 is 12.4 Å². The molecule has 0 radical (unpaired) electrons. The molecule has 1 spiro atoms. The van der Waals surface area contributed by atoms with E-state index >= 15 is 0 Å². The third-order valence-electron chi connectivity index (χ3n) is 5.90. The first-order valence-electron chi connectivity index (χ1n) is 7.93. The number of aromatic nitrogens is 2. The van der Waals surface area contributed by atoms with Gasteiger partial charge in [0.1, 0.15) is 0 Å². The fourth-order valence-electron chi connectivity index (χ4n) is 4.28. The Morgan fingerprint density at radius 3 is 2.77 bits per heavy atom. The number of nitrogens with zero attached hydrogens (tertiary/aromatic N) is 2. The largest absolute Gasteiger partial charge is 0.339 e. The third kappa shape index (κ3) is 1.74. The SMILES string of the molecule is Cl.NC1(c2noc(C3CC34CCc3ccccc34)n2)CCC1. The Labute approximate surface area is 135 Å². The molecular weight excluding hydrogens is 298 g/mol. The summed E-state index contributed by atoms with van der Waals surface area (Å²) in [4.78, 5) is 4.66. The first kappa shape index (κ1) is 14.2. The van der Waals surface area contributed by atoms with Crippen LogP contribution in [0.2, 0.25) is 0 Å². The predicted octanol–water partition coefficient (Wildman–Crippen LogP) is 3.20. The summed E-state index contributed by atoms with van der Waals surface area (Å²) >= 11 is 0. The number of fused-ring (bicyclic) bond motifs is 2. The molecule has 2 N–H and O–H groups in total. The van der Waals surface area contributed by atoms with Crippen molar-refractivity contribution in [1.82, 2.24) is 10.1 Å². The molecule has 3 aliphatic carbocycles. The molecule has 2 atom stereocenters. The molecule has 0 aliphatic heterocycles. The molecule has 1 heterocycles. The zero-order valence-corrected chi connectivity index (χ0v) is 13.2. The van der Waals surface area contributed by atoms with Gasteiger partial charge in [-0.25, -0.2) is 0 Å². The van der Waals surface area contributed by atoms with Crippen LogP contribution in [0.4, 0.5) is 0 Å². The molecule has 1 aromatic carbocycles. The van der Waals surface area contributed by atoms with E-state index in [1.807, 2.05) is 0 Å². The Kier molecular flexibility index (Phi) is 2.94. The van der Waals surface area contributed by atoms with Crippen molar-refractivity contribution in [2.75, 3.05) is 0 Å². The lowest BCUT2D eigenvalue weighted by molar-refractivity contribution is 0.229. The van der Waals surface area contributed by atoms with Crippen LogP contribution in [0.3, 0.4) is 0 Å². The highest BCUT2D eigenvalue weighted by molar-refractivity contribution is 5.85. The maximum absolute atomic E-state index is 6.29. The maximum Gasteiger partial charge on any atom is 0.230 e. The van der Waals surface area contributed by atoms with Crippen molar-refractivity contribution in [3.05, 3.63) is 47.1 Å². The predicted molar refractivity (Wildman–Crippen MR) is 85.1 cm³/mol. The summed E-state index contributed by atoms with van der Waals surface area (Å²) < 4.78 is 5.57. The molecule has 0 bridgehead atoms. The molecule has 2 aromatic rings. The highest BCUT2D eigenvalue weighted by atomic mass is 35.5. The molecular formula is C17H20ClN3O. The lowest BCUT2D eigenvalue weighted by atomic mass is 9.77. The number of hydrogen-bond acceptors (Lipinski definition) is 4. The second-order valence-corrected chi connectivity index (χ2v) is 7.04. The molecule has 116 valence electrons. The van der Waals surface area contributed by atoms with Crippen LogP contribution in [-0.2, 0) is 17.4 Å². The lowest BCUT2D eigenvalue weighted by Crippen LogP contribution is -2.44. The maximum atomic E-state index is 6.29. The standard InChI is InChI=1S/C17H19N3O.ClH/c18-17(7-3-8-17)15-19-14(21-20-15)13-10-16(13)9-6-11-4-1-2-5-12(11)16;/h1-2,4-5,13H,3,6-10,18H2;1H. The number of rotatable bonds is 2. The van der Waals surface area contributed by atoms with Crippen LogP contribution in [0, 0.1) is 0 Å². The number of halogens is 1. The van der Waals surface area contributed by atoms with Crippen LogP contribution in [0.1, 0.15) is 60.9 Å². The van der Waals surface area contributed by atoms with Crippen LogP contribution in [0.25, 0.3) is 0 Å². The van der Waals surface area contributed by atoms with E-state index in [-0.39, 0.29) is 23.4 Å². The zero-order valence-electron chi connectivity index (χ0n) is 12.4. The molecule has 0 saturated heterocycles. The fourth-order valence-corrected chi connectivity index (χ4v) is 4.28. The van der Waals surface area contributed by atoms with Crippen molar-refractivity contribution in [1.29, 1.82) is 0 Å². The molecule has 22 heavy (non-hydrogen) atoms. The highest BCUT2D eigenvalue weighted by Gasteiger charge is 2.61. The summed E-state index contributed by atoms with van der Waals surface area (Å²) in [6.45, 7) is 0. The Hall–Kier alpha value is -1.39. The highest BCUT2D eigenvalue weighted by Crippen LogP contribution is 2.66. The average Bonchev–Trinajstić information content (AvgIpc) is 2.83. The number of aryl methyl sites for hydroxylation is 1. The monoisotopic (exact) mass is 317 g/mol. The Bertz CT molecular complexity index is 724. The molecule has 5 rings (SSSR count). The molecule has 0 amide bonds. The van der Waals surface area contributed by atoms with Crippen LogP contribution in [0.15, 0.2) is 28.8 Å². The lowest BCUT2D eigenvalue weighted by Gasteiger charge is -2.34. The Morgan fingerprint density at radius 2 is 2.00 bits per heavy atom. The molecule has 2 fully saturated rings. The quantitative estimate of drug-likeness (QED) is 0.923. The summed E-state index contributed by atoms with van der Waals surface area (Å²) in [5.41, 5.74) is 9.23. The third-order valence-corrected chi connectivity index (χ3v) is 5.90. The van der Waals surface area contributed by atoms with Gasteiger partial charge in [0.05, 0.1) is 5.54 Å². The summed E-state index contributed by atoms with van der Waals surface area (Å²) in [5.74, 6) is 1.92. The second kappa shape index (κ2) is 4.56. The minimum absolute atomic E-state index is 0. The normalized spacial score (nSPS) is 30.5. The van der Waals surface area contributed by atoms with Crippen molar-refractivity contribution in [3.8, 4) is 0 Å². The van der Waals surface area contributed by atoms with Gasteiger partial charge in [-0.2, -0.15) is 4.98 Å². The van der Waals surface area contributed by atoms with Crippen molar-refractivity contribution < 1.29 is 4.52 Å². The number of nitrogens with two attached hydrogens (primary N) is 1. The average molecular weight is 318 g/mol. The van der Waals surface area contributed by atoms with Crippen LogP contribution < -0.4 is 5.73 Å². The van der Waals surface area contributed by atoms with E-state index in [2.05, 4.69) is 34.4 Å². The minimum Gasteiger partial charge on any atom is -0.339 e. The smallest absolute Gasteiger partial charge is 0.230 e. The van der Waals surface area contributed by atoms with E-state index in [1.165, 1.54) is 30.4 Å². The minimum atomic E-state index is -0.322. The van der Waals surface area contributed by atoms with Gasteiger partial charge in [0.2, 0.25) is 5.89 Å². The zero-order chi connectivity index (χ0) is 14.1. The van der Waals surface area contributed by atoms with Crippen LogP contribution >= 0.6 is 12.4 Å². The van der Waals surface area contributed by atoms with E-state index in [1.54, 1.807) is 0 Å². The molecule has 2 saturated carbocycles. The van der Waals surface area contributed by atoms with E-state index in [0.717, 1.165) is 31.0 Å². The van der Waals surface area contributed by atoms with E-state index < -0.39 is 0 Å². The summed E-state index contributed by atoms with van der Waals surface area (Å²) in [6, 6.07) is 8.80. The molecule has 1 aromatic heterocycles. The van der Waals surface area contributed by atoms with Crippen molar-refractivity contribution in [2.24, 2.45) is 5.73 Å². The first-order valence-corrected chi connectivity index (χ1v) is 7.93. The van der Waals surface area contributed by atoms with Crippen molar-refractivity contribution in [3.63, 3.8) is 0 Å². The van der Waals surface area contributed by atoms with Gasteiger partial charge < -0.3 is 10.3 Å². The Balaban J connectivity index is 0.00000125. The van der Waals surface area contributed by atoms with Crippen molar-refractivity contribution in [2.45, 2.75) is 55.4 Å². The van der Waals surface area contributed by atoms with Gasteiger partial charge in [-0.1, -0.05) is 29.4 Å². The first-order chi connectivity index (χ1) is 10.2. The van der Waals surface area contributed by atoms with Gasteiger partial charge in [0, 0.05) is 11.3 Å². The van der Waals surface area contributed by atoms with Gasteiger partial charge in [-0.05, 0) is 49.7 Å².